The Morgan fingerprint density at radius 3 is 2.29 bits per heavy atom. The molecule has 0 bridgehead atoms. The van der Waals surface area contributed by atoms with Crippen LogP contribution in [0.3, 0.4) is 0 Å². The first-order chi connectivity index (χ1) is 8.22. The van der Waals surface area contributed by atoms with Crippen LogP contribution in [0.5, 0.6) is 0 Å². The molecule has 0 radical (unpaired) electrons. The van der Waals surface area contributed by atoms with E-state index in [0.29, 0.717) is 11.1 Å². The molecule has 0 fully saturated rings. The van der Waals surface area contributed by atoms with Crippen LogP contribution in [0.15, 0.2) is 30.3 Å². The standard InChI is InChI=1S/C14H16O3/c1-3-4-5-13(10-15)11-6-8-12(9-7-11)14(16)17-2/h5-10H,3-4H2,1-2H3/b13-5-. The van der Waals surface area contributed by atoms with Crippen LogP contribution in [0.2, 0.25) is 0 Å². The summed E-state index contributed by atoms with van der Waals surface area (Å²) < 4.78 is 4.60. The van der Waals surface area contributed by atoms with Crippen LogP contribution in [-0.4, -0.2) is 19.4 Å². The van der Waals surface area contributed by atoms with Crippen LogP contribution < -0.4 is 0 Å². The molecular formula is C14H16O3. The number of esters is 1. The second-order valence-electron chi connectivity index (χ2n) is 3.63. The molecule has 0 spiro atoms. The van der Waals surface area contributed by atoms with Crippen LogP contribution in [0, 0.1) is 0 Å². The van der Waals surface area contributed by atoms with Crippen LogP contribution >= 0.6 is 0 Å². The zero-order valence-corrected chi connectivity index (χ0v) is 10.1. The van der Waals surface area contributed by atoms with E-state index >= 15 is 0 Å². The van der Waals surface area contributed by atoms with Crippen molar-refractivity contribution in [3.63, 3.8) is 0 Å². The minimum absolute atomic E-state index is 0.373. The van der Waals surface area contributed by atoms with Gasteiger partial charge in [0.2, 0.25) is 0 Å². The molecule has 0 unspecified atom stereocenters. The molecule has 0 aliphatic carbocycles. The molecule has 90 valence electrons. The summed E-state index contributed by atoms with van der Waals surface area (Å²) in [5, 5.41) is 0. The fraction of sp³-hybridized carbons (Fsp3) is 0.286. The normalized spacial score (nSPS) is 11.1. The van der Waals surface area contributed by atoms with Gasteiger partial charge in [0, 0.05) is 5.57 Å². The summed E-state index contributed by atoms with van der Waals surface area (Å²) in [7, 11) is 1.34. The van der Waals surface area contributed by atoms with Gasteiger partial charge in [-0.05, 0) is 24.1 Å². The van der Waals surface area contributed by atoms with Gasteiger partial charge in [-0.2, -0.15) is 0 Å². The average molecular weight is 232 g/mol. The Labute approximate surface area is 101 Å². The summed E-state index contributed by atoms with van der Waals surface area (Å²) in [6.07, 6.45) is 4.60. The summed E-state index contributed by atoms with van der Waals surface area (Å²) in [4.78, 5) is 22.2. The second kappa shape index (κ2) is 6.63. The molecule has 1 aromatic carbocycles. The smallest absolute Gasteiger partial charge is 0.337 e. The zero-order chi connectivity index (χ0) is 12.7. The van der Waals surface area contributed by atoms with E-state index in [1.807, 2.05) is 6.08 Å². The molecular weight excluding hydrogens is 216 g/mol. The Morgan fingerprint density at radius 1 is 1.24 bits per heavy atom. The van der Waals surface area contributed by atoms with E-state index in [1.165, 1.54) is 7.11 Å². The van der Waals surface area contributed by atoms with Crippen molar-refractivity contribution in [1.82, 2.24) is 0 Å². The summed E-state index contributed by atoms with van der Waals surface area (Å²) in [5.74, 6) is -0.373. The van der Waals surface area contributed by atoms with Crippen molar-refractivity contribution < 1.29 is 14.3 Å². The summed E-state index contributed by atoms with van der Waals surface area (Å²) in [5.41, 5.74) is 1.96. The molecule has 0 aliphatic heterocycles. The number of carbonyl (C=O) groups excluding carboxylic acids is 2. The van der Waals surface area contributed by atoms with Gasteiger partial charge in [0.05, 0.1) is 12.7 Å². The Balaban J connectivity index is 2.92. The lowest BCUT2D eigenvalue weighted by Crippen LogP contribution is -2.00. The highest BCUT2D eigenvalue weighted by Crippen LogP contribution is 2.15. The SMILES string of the molecule is CCC/C=C(/C=O)c1ccc(C(=O)OC)cc1. The third-order valence-corrected chi connectivity index (χ3v) is 2.42. The molecule has 0 N–H and O–H groups in total. The first-order valence-electron chi connectivity index (χ1n) is 5.57. The van der Waals surface area contributed by atoms with E-state index in [2.05, 4.69) is 11.7 Å². The van der Waals surface area contributed by atoms with Gasteiger partial charge in [0.25, 0.3) is 0 Å². The molecule has 0 aromatic heterocycles. The van der Waals surface area contributed by atoms with Crippen molar-refractivity contribution in [1.29, 1.82) is 0 Å². The molecule has 3 nitrogen and oxygen atoms in total. The van der Waals surface area contributed by atoms with Crippen LogP contribution in [-0.2, 0) is 9.53 Å². The number of carbonyl (C=O) groups is 2. The molecule has 17 heavy (non-hydrogen) atoms. The first kappa shape index (κ1) is 13.2. The summed E-state index contributed by atoms with van der Waals surface area (Å²) in [6, 6.07) is 6.82. The van der Waals surface area contributed by atoms with Crippen molar-refractivity contribution in [2.75, 3.05) is 7.11 Å². The molecule has 0 heterocycles. The van der Waals surface area contributed by atoms with Crippen LogP contribution in [0.1, 0.15) is 35.7 Å². The van der Waals surface area contributed by atoms with Gasteiger partial charge in [-0.15, -0.1) is 0 Å². The van der Waals surface area contributed by atoms with Gasteiger partial charge in [-0.25, -0.2) is 4.79 Å². The maximum Gasteiger partial charge on any atom is 0.337 e. The molecule has 0 saturated heterocycles. The molecule has 0 amide bonds. The van der Waals surface area contributed by atoms with Gasteiger partial charge in [-0.3, -0.25) is 4.79 Å². The number of hydrogen-bond acceptors (Lipinski definition) is 3. The quantitative estimate of drug-likeness (QED) is 0.445. The highest BCUT2D eigenvalue weighted by molar-refractivity contribution is 6.07. The van der Waals surface area contributed by atoms with Crippen molar-refractivity contribution >= 4 is 17.8 Å². The van der Waals surface area contributed by atoms with E-state index in [-0.39, 0.29) is 5.97 Å². The van der Waals surface area contributed by atoms with Gasteiger partial charge in [-0.1, -0.05) is 31.6 Å². The predicted octanol–water partition coefficient (Wildman–Crippen LogP) is 2.86. The Kier molecular flexibility index (Phi) is 5.14. The number of unbranched alkanes of at least 4 members (excludes halogenated alkanes) is 1. The monoisotopic (exact) mass is 232 g/mol. The van der Waals surface area contributed by atoms with Crippen molar-refractivity contribution in [3.05, 3.63) is 41.5 Å². The number of hydrogen-bond donors (Lipinski definition) is 0. The Morgan fingerprint density at radius 2 is 1.82 bits per heavy atom. The molecule has 0 aliphatic rings. The highest BCUT2D eigenvalue weighted by Gasteiger charge is 2.05. The number of aldehydes is 1. The fourth-order valence-electron chi connectivity index (χ4n) is 1.45. The Hall–Kier alpha value is -1.90. The minimum atomic E-state index is -0.373. The van der Waals surface area contributed by atoms with Crippen LogP contribution in [0.25, 0.3) is 5.57 Å². The summed E-state index contributed by atoms with van der Waals surface area (Å²) >= 11 is 0. The number of ether oxygens (including phenoxy) is 1. The van der Waals surface area contributed by atoms with E-state index in [4.69, 9.17) is 0 Å². The maximum absolute atomic E-state index is 11.2. The fourth-order valence-corrected chi connectivity index (χ4v) is 1.45. The predicted molar refractivity (Wildman–Crippen MR) is 66.7 cm³/mol. The minimum Gasteiger partial charge on any atom is -0.465 e. The largest absolute Gasteiger partial charge is 0.465 e. The molecule has 1 aromatic rings. The van der Waals surface area contributed by atoms with E-state index in [9.17, 15) is 9.59 Å². The third kappa shape index (κ3) is 3.55. The van der Waals surface area contributed by atoms with E-state index < -0.39 is 0 Å². The van der Waals surface area contributed by atoms with Gasteiger partial charge >= 0.3 is 5.97 Å². The third-order valence-electron chi connectivity index (χ3n) is 2.42. The molecule has 0 saturated carbocycles. The molecule has 0 atom stereocenters. The van der Waals surface area contributed by atoms with Crippen molar-refractivity contribution in [3.8, 4) is 0 Å². The van der Waals surface area contributed by atoms with E-state index in [0.717, 1.165) is 24.7 Å². The summed E-state index contributed by atoms with van der Waals surface area (Å²) in [6.45, 7) is 2.05. The lowest BCUT2D eigenvalue weighted by atomic mass is 10.0. The lowest BCUT2D eigenvalue weighted by molar-refractivity contribution is -0.103. The second-order valence-corrected chi connectivity index (χ2v) is 3.63. The average Bonchev–Trinajstić information content (AvgIpc) is 2.39. The molecule has 1 rings (SSSR count). The Bertz CT molecular complexity index is 416. The first-order valence-corrected chi connectivity index (χ1v) is 5.57. The van der Waals surface area contributed by atoms with E-state index in [1.54, 1.807) is 24.3 Å². The topological polar surface area (TPSA) is 43.4 Å². The van der Waals surface area contributed by atoms with Gasteiger partial charge in [0.15, 0.2) is 0 Å². The number of rotatable bonds is 5. The zero-order valence-electron chi connectivity index (χ0n) is 10.1. The van der Waals surface area contributed by atoms with Gasteiger partial charge in [0.1, 0.15) is 6.29 Å². The van der Waals surface area contributed by atoms with Crippen molar-refractivity contribution in [2.24, 2.45) is 0 Å². The highest BCUT2D eigenvalue weighted by atomic mass is 16.5. The van der Waals surface area contributed by atoms with Gasteiger partial charge < -0.3 is 4.74 Å². The number of methoxy groups -OCH3 is 1. The lowest BCUT2D eigenvalue weighted by Gasteiger charge is -2.02. The van der Waals surface area contributed by atoms with Crippen LogP contribution in [0.4, 0.5) is 0 Å². The maximum atomic E-state index is 11.2. The number of allylic oxidation sites excluding steroid dienone is 2. The number of benzene rings is 1. The van der Waals surface area contributed by atoms with Crippen molar-refractivity contribution in [2.45, 2.75) is 19.8 Å². The molecule has 3 heteroatoms.